The predicted octanol–water partition coefficient (Wildman–Crippen LogP) is 1.52. The van der Waals surface area contributed by atoms with E-state index < -0.39 is 4.92 Å². The van der Waals surface area contributed by atoms with Gasteiger partial charge in [-0.2, -0.15) is 5.26 Å². The van der Waals surface area contributed by atoms with Crippen molar-refractivity contribution in [2.75, 3.05) is 25.6 Å². The third-order valence-corrected chi connectivity index (χ3v) is 1.95. The molecular formula is C10H11N3O3. The lowest BCUT2D eigenvalue weighted by molar-refractivity contribution is -0.385. The number of hydrogen-bond donors (Lipinski definition) is 1. The number of nitro benzene ring substituents is 1. The largest absolute Gasteiger partial charge is 0.383 e. The molecule has 0 radical (unpaired) electrons. The smallest absolute Gasteiger partial charge is 0.289 e. The number of nitriles is 1. The molecule has 6 heteroatoms. The van der Waals surface area contributed by atoms with Gasteiger partial charge in [-0.25, -0.2) is 0 Å². The number of hydrogen-bond acceptors (Lipinski definition) is 5. The Balaban J connectivity index is 2.86. The Kier molecular flexibility index (Phi) is 4.24. The van der Waals surface area contributed by atoms with Crippen molar-refractivity contribution in [2.45, 2.75) is 0 Å². The molecule has 0 amide bonds. The molecule has 0 aliphatic heterocycles. The average molecular weight is 221 g/mol. The quantitative estimate of drug-likeness (QED) is 0.462. The van der Waals surface area contributed by atoms with Crippen molar-refractivity contribution in [2.24, 2.45) is 0 Å². The Labute approximate surface area is 92.6 Å². The van der Waals surface area contributed by atoms with Gasteiger partial charge in [0, 0.05) is 25.4 Å². The summed E-state index contributed by atoms with van der Waals surface area (Å²) in [4.78, 5) is 10.1. The average Bonchev–Trinajstić information content (AvgIpc) is 2.29. The Morgan fingerprint density at radius 3 is 2.94 bits per heavy atom. The highest BCUT2D eigenvalue weighted by Crippen LogP contribution is 2.22. The first-order valence-corrected chi connectivity index (χ1v) is 4.60. The topological polar surface area (TPSA) is 88.2 Å². The third kappa shape index (κ3) is 2.93. The van der Waals surface area contributed by atoms with Crippen molar-refractivity contribution in [3.8, 4) is 6.07 Å². The van der Waals surface area contributed by atoms with Crippen molar-refractivity contribution in [1.82, 2.24) is 0 Å². The first-order chi connectivity index (χ1) is 7.69. The van der Waals surface area contributed by atoms with Crippen molar-refractivity contribution in [3.63, 3.8) is 0 Å². The van der Waals surface area contributed by atoms with Crippen LogP contribution in [0.4, 0.5) is 11.4 Å². The number of methoxy groups -OCH3 is 1. The van der Waals surface area contributed by atoms with Crippen molar-refractivity contribution in [1.29, 1.82) is 5.26 Å². The molecule has 0 heterocycles. The van der Waals surface area contributed by atoms with Crippen LogP contribution in [-0.2, 0) is 4.74 Å². The van der Waals surface area contributed by atoms with Crippen LogP contribution >= 0.6 is 0 Å². The molecule has 0 saturated carbocycles. The van der Waals surface area contributed by atoms with Crippen molar-refractivity contribution < 1.29 is 9.66 Å². The van der Waals surface area contributed by atoms with E-state index in [0.717, 1.165) is 0 Å². The number of rotatable bonds is 5. The maximum absolute atomic E-state index is 10.7. The Morgan fingerprint density at radius 1 is 1.62 bits per heavy atom. The minimum absolute atomic E-state index is 0.0577. The van der Waals surface area contributed by atoms with Gasteiger partial charge in [-0.15, -0.1) is 0 Å². The molecule has 0 saturated heterocycles. The SMILES string of the molecule is COCCNc1ccc(C#N)c([N+](=O)[O-])c1. The Morgan fingerprint density at radius 2 is 2.38 bits per heavy atom. The Hall–Kier alpha value is -2.13. The molecule has 1 aromatic rings. The zero-order valence-corrected chi connectivity index (χ0v) is 8.77. The highest BCUT2D eigenvalue weighted by atomic mass is 16.6. The number of nitrogens with zero attached hydrogens (tertiary/aromatic N) is 2. The zero-order valence-electron chi connectivity index (χ0n) is 8.77. The van der Waals surface area contributed by atoms with Crippen LogP contribution in [0.15, 0.2) is 18.2 Å². The summed E-state index contributed by atoms with van der Waals surface area (Å²) >= 11 is 0. The van der Waals surface area contributed by atoms with Crippen LogP contribution in [0.3, 0.4) is 0 Å². The van der Waals surface area contributed by atoms with Crippen LogP contribution in [0, 0.1) is 21.4 Å². The van der Waals surface area contributed by atoms with E-state index >= 15 is 0 Å². The molecule has 0 atom stereocenters. The maximum Gasteiger partial charge on any atom is 0.289 e. The van der Waals surface area contributed by atoms with E-state index in [9.17, 15) is 10.1 Å². The van der Waals surface area contributed by atoms with Gasteiger partial charge in [0.15, 0.2) is 0 Å². The molecule has 0 aromatic heterocycles. The summed E-state index contributed by atoms with van der Waals surface area (Å²) in [7, 11) is 1.57. The van der Waals surface area contributed by atoms with E-state index in [1.165, 1.54) is 12.1 Å². The highest BCUT2D eigenvalue weighted by molar-refractivity contribution is 5.59. The van der Waals surface area contributed by atoms with Gasteiger partial charge in [0.2, 0.25) is 0 Å². The molecule has 0 bridgehead atoms. The van der Waals surface area contributed by atoms with E-state index in [1.807, 2.05) is 0 Å². The normalized spacial score (nSPS) is 9.50. The summed E-state index contributed by atoms with van der Waals surface area (Å²) in [5.41, 5.74) is 0.468. The van der Waals surface area contributed by atoms with Gasteiger partial charge >= 0.3 is 0 Å². The first-order valence-electron chi connectivity index (χ1n) is 4.60. The number of nitrogens with one attached hydrogen (secondary N) is 1. The summed E-state index contributed by atoms with van der Waals surface area (Å²) in [5, 5.41) is 22.3. The molecule has 16 heavy (non-hydrogen) atoms. The molecule has 1 aromatic carbocycles. The third-order valence-electron chi connectivity index (χ3n) is 1.95. The molecule has 0 aliphatic rings. The van der Waals surface area contributed by atoms with Crippen molar-refractivity contribution >= 4 is 11.4 Å². The predicted molar refractivity (Wildman–Crippen MR) is 58.2 cm³/mol. The molecule has 0 aliphatic carbocycles. The summed E-state index contributed by atoms with van der Waals surface area (Å²) < 4.78 is 4.84. The van der Waals surface area contributed by atoms with E-state index in [0.29, 0.717) is 18.8 Å². The zero-order chi connectivity index (χ0) is 12.0. The van der Waals surface area contributed by atoms with E-state index in [-0.39, 0.29) is 11.3 Å². The first kappa shape index (κ1) is 11.9. The van der Waals surface area contributed by atoms with Crippen LogP contribution in [0.2, 0.25) is 0 Å². The standard InChI is InChI=1S/C10H11N3O3/c1-16-5-4-12-9-3-2-8(7-11)10(6-9)13(14)15/h2-3,6,12H,4-5H2,1H3. The molecule has 84 valence electrons. The molecule has 0 fully saturated rings. The number of nitro groups is 1. The fraction of sp³-hybridized carbons (Fsp3) is 0.300. The molecule has 0 spiro atoms. The van der Waals surface area contributed by atoms with Gasteiger partial charge in [-0.1, -0.05) is 0 Å². The summed E-state index contributed by atoms with van der Waals surface area (Å²) in [6, 6.07) is 6.17. The lowest BCUT2D eigenvalue weighted by Crippen LogP contribution is -2.07. The monoisotopic (exact) mass is 221 g/mol. The molecule has 0 unspecified atom stereocenters. The molecule has 1 N–H and O–H groups in total. The minimum atomic E-state index is -0.569. The van der Waals surface area contributed by atoms with Crippen molar-refractivity contribution in [3.05, 3.63) is 33.9 Å². The maximum atomic E-state index is 10.7. The molecular weight excluding hydrogens is 210 g/mol. The Bertz CT molecular complexity index is 426. The minimum Gasteiger partial charge on any atom is -0.383 e. The number of benzene rings is 1. The van der Waals surface area contributed by atoms with Gasteiger partial charge in [0.1, 0.15) is 11.6 Å². The highest BCUT2D eigenvalue weighted by Gasteiger charge is 2.13. The van der Waals surface area contributed by atoms with Gasteiger partial charge < -0.3 is 10.1 Å². The van der Waals surface area contributed by atoms with Crippen LogP contribution in [0.25, 0.3) is 0 Å². The fourth-order valence-corrected chi connectivity index (χ4v) is 1.18. The van der Waals surface area contributed by atoms with Gasteiger partial charge in [-0.05, 0) is 12.1 Å². The molecule has 6 nitrogen and oxygen atoms in total. The fourth-order valence-electron chi connectivity index (χ4n) is 1.18. The van der Waals surface area contributed by atoms with E-state index in [2.05, 4.69) is 5.32 Å². The molecule has 1 rings (SSSR count). The van der Waals surface area contributed by atoms with Crippen LogP contribution in [0.1, 0.15) is 5.56 Å². The summed E-state index contributed by atoms with van der Waals surface area (Å²) in [6.07, 6.45) is 0. The second-order valence-electron chi connectivity index (χ2n) is 3.02. The van der Waals surface area contributed by atoms with Crippen LogP contribution in [0.5, 0.6) is 0 Å². The van der Waals surface area contributed by atoms with Gasteiger partial charge in [-0.3, -0.25) is 10.1 Å². The van der Waals surface area contributed by atoms with Gasteiger partial charge in [0.25, 0.3) is 5.69 Å². The summed E-state index contributed by atoms with van der Waals surface area (Å²) in [6.45, 7) is 1.06. The van der Waals surface area contributed by atoms with E-state index in [1.54, 1.807) is 19.2 Å². The van der Waals surface area contributed by atoms with E-state index in [4.69, 9.17) is 10.00 Å². The van der Waals surface area contributed by atoms with Crippen LogP contribution in [-0.4, -0.2) is 25.2 Å². The lowest BCUT2D eigenvalue weighted by atomic mass is 10.2. The van der Waals surface area contributed by atoms with Gasteiger partial charge in [0.05, 0.1) is 11.5 Å². The number of anilines is 1. The second-order valence-corrected chi connectivity index (χ2v) is 3.02. The summed E-state index contributed by atoms with van der Waals surface area (Å²) in [5.74, 6) is 0. The lowest BCUT2D eigenvalue weighted by Gasteiger charge is -2.05. The van der Waals surface area contributed by atoms with Crippen LogP contribution < -0.4 is 5.32 Å². The second kappa shape index (κ2) is 5.68. The number of ether oxygens (including phenoxy) is 1.